The quantitative estimate of drug-likeness (QED) is 0.176. The highest BCUT2D eigenvalue weighted by molar-refractivity contribution is 6.11. The predicted octanol–water partition coefficient (Wildman–Crippen LogP) is 14.3. The minimum absolute atomic E-state index is 0.0858. The van der Waals surface area contributed by atoms with Gasteiger partial charge in [0.1, 0.15) is 5.58 Å². The second-order valence-electron chi connectivity index (χ2n) is 16.2. The second-order valence-corrected chi connectivity index (χ2v) is 16.2. The van der Waals surface area contributed by atoms with Crippen LogP contribution in [0.1, 0.15) is 71.9 Å². The predicted molar refractivity (Wildman–Crippen MR) is 231 cm³/mol. The zero-order valence-corrected chi connectivity index (χ0v) is 31.3. The van der Waals surface area contributed by atoms with Gasteiger partial charge in [0, 0.05) is 27.4 Å². The molecule has 0 amide bonds. The second kappa shape index (κ2) is 12.1. The number of fused-ring (bicyclic) bond motifs is 10. The Kier molecular flexibility index (Phi) is 6.87. The first kappa shape index (κ1) is 31.9. The van der Waals surface area contributed by atoms with Crippen LogP contribution in [0.25, 0.3) is 38.6 Å². The molecule has 0 bridgehead atoms. The molecule has 0 radical (unpaired) electrons. The van der Waals surface area contributed by atoms with Gasteiger partial charge in [0.25, 0.3) is 0 Å². The van der Waals surface area contributed by atoms with E-state index in [1.165, 1.54) is 87.0 Å². The molecule has 0 N–H and O–H groups in total. The van der Waals surface area contributed by atoms with Gasteiger partial charge in [-0.3, -0.25) is 0 Å². The average Bonchev–Trinajstić information content (AvgIpc) is 4.04. The lowest BCUT2D eigenvalue weighted by Gasteiger charge is -2.35. The standard InChI is InChI=1S/C54H41NO/c1-3-17-36(18-4-1)54(45-26-11-7-21-39(45)40-22-8-12-27-46(40)54)37-31-32-41-42-24-15-30-49(52(42)56-50(41)35-37)55(38-19-5-2-6-20-38)48-29-16-28-47-51(48)43-23-9-10-25-44(43)53(47)33-13-14-34-53/h1-7,9-12,15-21,23-32,35H,8,13-14,22,33-34H2. The molecule has 12 rings (SSSR count). The van der Waals surface area contributed by atoms with Crippen molar-refractivity contribution in [1.82, 2.24) is 0 Å². The Hall–Kier alpha value is -6.38. The number of nitrogens with zero attached hydrogens (tertiary/aromatic N) is 1. The highest BCUT2D eigenvalue weighted by atomic mass is 16.3. The molecular formula is C54H41NO. The van der Waals surface area contributed by atoms with Crippen LogP contribution < -0.4 is 4.90 Å². The van der Waals surface area contributed by atoms with Crippen LogP contribution in [0.3, 0.4) is 0 Å². The number of rotatable bonds is 5. The first-order valence-corrected chi connectivity index (χ1v) is 20.4. The topological polar surface area (TPSA) is 16.4 Å². The van der Waals surface area contributed by atoms with E-state index in [0.29, 0.717) is 0 Å². The smallest absolute Gasteiger partial charge is 0.159 e. The zero-order valence-electron chi connectivity index (χ0n) is 31.3. The Morgan fingerprint density at radius 1 is 0.536 bits per heavy atom. The molecule has 1 spiro atoms. The van der Waals surface area contributed by atoms with Gasteiger partial charge < -0.3 is 9.32 Å². The van der Waals surface area contributed by atoms with E-state index in [0.717, 1.165) is 46.2 Å². The largest absolute Gasteiger partial charge is 0.454 e. The highest BCUT2D eigenvalue weighted by Gasteiger charge is 2.48. The zero-order chi connectivity index (χ0) is 36.8. The van der Waals surface area contributed by atoms with E-state index in [9.17, 15) is 0 Å². The third-order valence-corrected chi connectivity index (χ3v) is 13.6. The molecule has 7 aromatic carbocycles. The molecule has 4 aliphatic carbocycles. The van der Waals surface area contributed by atoms with Crippen molar-refractivity contribution in [2.45, 2.75) is 49.4 Å². The molecule has 8 aromatic rings. The van der Waals surface area contributed by atoms with Gasteiger partial charge in [0.2, 0.25) is 0 Å². The summed E-state index contributed by atoms with van der Waals surface area (Å²) < 4.78 is 7.22. The number of allylic oxidation sites excluding steroid dienone is 4. The normalized spacial score (nSPS) is 18.7. The van der Waals surface area contributed by atoms with E-state index in [1.54, 1.807) is 0 Å². The molecule has 0 aliphatic heterocycles. The molecule has 1 unspecified atom stereocenters. The first-order valence-electron chi connectivity index (χ1n) is 20.4. The van der Waals surface area contributed by atoms with Crippen molar-refractivity contribution >= 4 is 44.6 Å². The monoisotopic (exact) mass is 719 g/mol. The summed E-state index contributed by atoms with van der Waals surface area (Å²) in [5, 5.41) is 2.26. The molecule has 56 heavy (non-hydrogen) atoms. The maximum atomic E-state index is 7.22. The number of para-hydroxylation sites is 2. The van der Waals surface area contributed by atoms with Gasteiger partial charge in [0.15, 0.2) is 5.58 Å². The summed E-state index contributed by atoms with van der Waals surface area (Å²) in [6.07, 6.45) is 11.8. The molecule has 1 fully saturated rings. The highest BCUT2D eigenvalue weighted by Crippen LogP contribution is 2.61. The van der Waals surface area contributed by atoms with Gasteiger partial charge in [0.05, 0.1) is 16.8 Å². The van der Waals surface area contributed by atoms with Crippen molar-refractivity contribution in [2.75, 3.05) is 4.90 Å². The van der Waals surface area contributed by atoms with Gasteiger partial charge in [-0.25, -0.2) is 0 Å². The van der Waals surface area contributed by atoms with Crippen LogP contribution in [0.5, 0.6) is 0 Å². The van der Waals surface area contributed by atoms with Crippen LogP contribution in [0, 0.1) is 0 Å². The van der Waals surface area contributed by atoms with Crippen LogP contribution in [-0.4, -0.2) is 0 Å². The molecule has 2 nitrogen and oxygen atoms in total. The van der Waals surface area contributed by atoms with Crippen molar-refractivity contribution < 1.29 is 4.42 Å². The van der Waals surface area contributed by atoms with Crippen LogP contribution in [0.15, 0.2) is 186 Å². The fraction of sp³-hybridized carbons (Fsp3) is 0.148. The summed E-state index contributed by atoms with van der Waals surface area (Å²) in [6.45, 7) is 0. The van der Waals surface area contributed by atoms with E-state index in [4.69, 9.17) is 4.42 Å². The molecule has 1 aromatic heterocycles. The SMILES string of the molecule is C1=CC2=C(CC1)c1ccccc1C2(c1ccccc1)c1ccc2c(c1)oc1c(N(c3ccccc3)c3cccc4c3-c3ccccc3C43CCCC3)cccc12. The third-order valence-electron chi connectivity index (χ3n) is 13.6. The van der Waals surface area contributed by atoms with Crippen molar-refractivity contribution in [3.63, 3.8) is 0 Å². The Labute approximate surface area is 328 Å². The van der Waals surface area contributed by atoms with Crippen molar-refractivity contribution in [1.29, 1.82) is 0 Å². The van der Waals surface area contributed by atoms with E-state index >= 15 is 0 Å². The van der Waals surface area contributed by atoms with E-state index < -0.39 is 5.41 Å². The van der Waals surface area contributed by atoms with Crippen LogP contribution >= 0.6 is 0 Å². The fourth-order valence-electron chi connectivity index (χ4n) is 11.4. The lowest BCUT2D eigenvalue weighted by molar-refractivity contribution is 0.550. The summed E-state index contributed by atoms with van der Waals surface area (Å²) in [5.41, 5.74) is 18.6. The summed E-state index contributed by atoms with van der Waals surface area (Å²) in [5.74, 6) is 0. The summed E-state index contributed by atoms with van der Waals surface area (Å²) in [4.78, 5) is 2.46. The average molecular weight is 720 g/mol. The number of anilines is 3. The minimum Gasteiger partial charge on any atom is -0.454 e. The van der Waals surface area contributed by atoms with E-state index in [-0.39, 0.29) is 5.41 Å². The Morgan fingerprint density at radius 2 is 1.23 bits per heavy atom. The number of hydrogen-bond donors (Lipinski definition) is 0. The maximum Gasteiger partial charge on any atom is 0.159 e. The van der Waals surface area contributed by atoms with Gasteiger partial charge in [-0.1, -0.05) is 158 Å². The lowest BCUT2D eigenvalue weighted by atomic mass is 9.66. The Morgan fingerprint density at radius 3 is 2.07 bits per heavy atom. The van der Waals surface area contributed by atoms with Gasteiger partial charge in [-0.05, 0) is 106 Å². The molecule has 268 valence electrons. The summed E-state index contributed by atoms with van der Waals surface area (Å²) in [6, 6.07) is 60.9. The van der Waals surface area contributed by atoms with Crippen molar-refractivity contribution in [3.05, 3.63) is 215 Å². The third kappa shape index (κ3) is 4.22. The van der Waals surface area contributed by atoms with Gasteiger partial charge in [-0.15, -0.1) is 0 Å². The molecule has 1 heterocycles. The van der Waals surface area contributed by atoms with Crippen LogP contribution in [0.4, 0.5) is 17.1 Å². The van der Waals surface area contributed by atoms with E-state index in [1.807, 2.05) is 0 Å². The number of furan rings is 1. The minimum atomic E-state index is -0.440. The van der Waals surface area contributed by atoms with Crippen LogP contribution in [-0.2, 0) is 10.8 Å². The molecular weight excluding hydrogens is 679 g/mol. The maximum absolute atomic E-state index is 7.22. The summed E-state index contributed by atoms with van der Waals surface area (Å²) >= 11 is 0. The lowest BCUT2D eigenvalue weighted by Crippen LogP contribution is -2.29. The number of benzene rings is 7. The molecule has 4 aliphatic rings. The summed E-state index contributed by atoms with van der Waals surface area (Å²) in [7, 11) is 0. The fourth-order valence-corrected chi connectivity index (χ4v) is 11.4. The van der Waals surface area contributed by atoms with E-state index in [2.05, 4.69) is 181 Å². The molecule has 2 heteroatoms. The molecule has 0 saturated heterocycles. The molecule has 1 atom stereocenters. The van der Waals surface area contributed by atoms with Crippen LogP contribution in [0.2, 0.25) is 0 Å². The van der Waals surface area contributed by atoms with Crippen molar-refractivity contribution in [2.24, 2.45) is 0 Å². The first-order chi connectivity index (χ1) is 27.8. The Bertz CT molecular complexity index is 2920. The van der Waals surface area contributed by atoms with Crippen molar-refractivity contribution in [3.8, 4) is 11.1 Å². The molecule has 1 saturated carbocycles. The Balaban J connectivity index is 1.10. The van der Waals surface area contributed by atoms with Gasteiger partial charge in [-0.2, -0.15) is 0 Å². The van der Waals surface area contributed by atoms with Gasteiger partial charge >= 0.3 is 0 Å². The number of hydrogen-bond acceptors (Lipinski definition) is 2.